The highest BCUT2D eigenvalue weighted by atomic mass is 127. The summed E-state index contributed by atoms with van der Waals surface area (Å²) in [5.41, 5.74) is 1.77. The van der Waals surface area contributed by atoms with E-state index in [-0.39, 0.29) is 5.82 Å². The average molecular weight is 412 g/mol. The molecule has 5 heteroatoms. The normalized spacial score (nSPS) is 10.7. The summed E-state index contributed by atoms with van der Waals surface area (Å²) in [6, 6.07) is 11.8. The third kappa shape index (κ3) is 4.84. The zero-order chi connectivity index (χ0) is 15.9. The van der Waals surface area contributed by atoms with Crippen LogP contribution in [0.4, 0.5) is 4.39 Å². The van der Waals surface area contributed by atoms with Gasteiger partial charge in [-0.05, 0) is 64.1 Å². The summed E-state index contributed by atoms with van der Waals surface area (Å²) >= 11 is 2.17. The molecule has 0 fully saturated rings. The molecule has 3 nitrogen and oxygen atoms in total. The van der Waals surface area contributed by atoms with Crippen molar-refractivity contribution in [1.82, 2.24) is 0 Å². The fraction of sp³-hybridized carbons (Fsp3) is 0.118. The van der Waals surface area contributed by atoms with Gasteiger partial charge in [0.2, 0.25) is 0 Å². The first-order valence-electron chi connectivity index (χ1n) is 6.51. The molecule has 0 aliphatic heterocycles. The van der Waals surface area contributed by atoms with E-state index in [4.69, 9.17) is 4.74 Å². The first-order chi connectivity index (χ1) is 10.6. The van der Waals surface area contributed by atoms with Gasteiger partial charge >= 0.3 is 5.97 Å². The van der Waals surface area contributed by atoms with E-state index in [9.17, 15) is 9.18 Å². The van der Waals surface area contributed by atoms with Crippen LogP contribution in [-0.4, -0.2) is 13.1 Å². The van der Waals surface area contributed by atoms with Crippen LogP contribution in [0.2, 0.25) is 0 Å². The van der Waals surface area contributed by atoms with E-state index >= 15 is 0 Å². The van der Waals surface area contributed by atoms with Crippen molar-refractivity contribution in [2.45, 2.75) is 6.61 Å². The van der Waals surface area contributed by atoms with E-state index in [0.717, 1.165) is 20.4 Å². The zero-order valence-corrected chi connectivity index (χ0v) is 14.0. The van der Waals surface area contributed by atoms with Crippen LogP contribution < -0.4 is 4.74 Å². The first-order valence-corrected chi connectivity index (χ1v) is 7.59. The van der Waals surface area contributed by atoms with E-state index in [1.807, 2.05) is 18.2 Å². The number of halogens is 2. The minimum atomic E-state index is -0.397. The Morgan fingerprint density at radius 1 is 1.23 bits per heavy atom. The van der Waals surface area contributed by atoms with Crippen molar-refractivity contribution in [3.8, 4) is 5.75 Å². The van der Waals surface area contributed by atoms with Gasteiger partial charge in [-0.3, -0.25) is 0 Å². The summed E-state index contributed by atoms with van der Waals surface area (Å²) in [6.45, 7) is 0.369. The molecule has 0 aliphatic rings. The molecule has 0 N–H and O–H groups in total. The van der Waals surface area contributed by atoms with Gasteiger partial charge in [0, 0.05) is 6.08 Å². The molecule has 114 valence electrons. The molecule has 0 atom stereocenters. The number of ether oxygens (including phenoxy) is 2. The summed E-state index contributed by atoms with van der Waals surface area (Å²) in [4.78, 5) is 11.1. The molecule has 2 rings (SSSR count). The van der Waals surface area contributed by atoms with Crippen LogP contribution in [0.3, 0.4) is 0 Å². The quantitative estimate of drug-likeness (QED) is 0.420. The van der Waals surface area contributed by atoms with Crippen LogP contribution in [-0.2, 0) is 16.1 Å². The number of benzene rings is 2. The van der Waals surface area contributed by atoms with Gasteiger partial charge < -0.3 is 9.47 Å². The highest BCUT2D eigenvalue weighted by Crippen LogP contribution is 2.23. The lowest BCUT2D eigenvalue weighted by Gasteiger charge is -2.09. The highest BCUT2D eigenvalue weighted by molar-refractivity contribution is 14.1. The first kappa shape index (κ1) is 16.5. The van der Waals surface area contributed by atoms with Crippen LogP contribution in [0.25, 0.3) is 6.08 Å². The Bertz CT molecular complexity index is 681. The Balaban J connectivity index is 2.02. The second-order valence-electron chi connectivity index (χ2n) is 4.46. The summed E-state index contributed by atoms with van der Waals surface area (Å²) in [5, 5.41) is 0. The number of esters is 1. The maximum absolute atomic E-state index is 12.8. The van der Waals surface area contributed by atoms with Gasteiger partial charge in [0.05, 0.1) is 10.7 Å². The van der Waals surface area contributed by atoms with Crippen LogP contribution in [0.1, 0.15) is 11.1 Å². The van der Waals surface area contributed by atoms with E-state index in [0.29, 0.717) is 6.61 Å². The Hall–Kier alpha value is -1.89. The number of rotatable bonds is 5. The molecule has 0 unspecified atom stereocenters. The van der Waals surface area contributed by atoms with E-state index in [1.54, 1.807) is 18.2 Å². The van der Waals surface area contributed by atoms with Crippen molar-refractivity contribution in [1.29, 1.82) is 0 Å². The molecule has 2 aromatic rings. The van der Waals surface area contributed by atoms with Crippen molar-refractivity contribution < 1.29 is 18.7 Å². The standard InChI is InChI=1S/C17H14FIO3/c1-21-17(20)9-5-12-4-8-16(15(19)10-12)22-11-13-2-6-14(18)7-3-13/h2-10H,11H2,1H3/b9-5+. The zero-order valence-electron chi connectivity index (χ0n) is 11.9. The van der Waals surface area contributed by atoms with Crippen LogP contribution >= 0.6 is 22.6 Å². The van der Waals surface area contributed by atoms with Crippen molar-refractivity contribution >= 4 is 34.6 Å². The van der Waals surface area contributed by atoms with Gasteiger partial charge in [-0.1, -0.05) is 18.2 Å². The average Bonchev–Trinajstić information content (AvgIpc) is 2.53. The fourth-order valence-electron chi connectivity index (χ4n) is 1.71. The number of hydrogen-bond donors (Lipinski definition) is 0. The monoisotopic (exact) mass is 412 g/mol. The Kier molecular flexibility index (Phi) is 5.94. The van der Waals surface area contributed by atoms with E-state index in [2.05, 4.69) is 27.3 Å². The van der Waals surface area contributed by atoms with Crippen molar-refractivity contribution in [2.75, 3.05) is 7.11 Å². The molecule has 0 spiro atoms. The highest BCUT2D eigenvalue weighted by Gasteiger charge is 2.03. The third-order valence-electron chi connectivity index (χ3n) is 2.88. The Morgan fingerprint density at radius 2 is 1.95 bits per heavy atom. The molecule has 0 aliphatic carbocycles. The predicted molar refractivity (Wildman–Crippen MR) is 90.9 cm³/mol. The molecular weight excluding hydrogens is 398 g/mol. The summed E-state index contributed by atoms with van der Waals surface area (Å²) in [5.74, 6) is 0.0758. The summed E-state index contributed by atoms with van der Waals surface area (Å²) in [7, 11) is 1.34. The van der Waals surface area contributed by atoms with Crippen LogP contribution in [0.15, 0.2) is 48.5 Å². The molecule has 0 radical (unpaired) electrons. The van der Waals surface area contributed by atoms with Crippen molar-refractivity contribution in [2.24, 2.45) is 0 Å². The van der Waals surface area contributed by atoms with Crippen molar-refractivity contribution in [3.63, 3.8) is 0 Å². The number of hydrogen-bond acceptors (Lipinski definition) is 3. The van der Waals surface area contributed by atoms with Crippen LogP contribution in [0, 0.1) is 9.39 Å². The van der Waals surface area contributed by atoms with Gasteiger partial charge in [-0.25, -0.2) is 9.18 Å². The molecule has 0 bridgehead atoms. The maximum atomic E-state index is 12.8. The minimum Gasteiger partial charge on any atom is -0.488 e. The Labute approximate surface area is 141 Å². The number of carbonyl (C=O) groups is 1. The SMILES string of the molecule is COC(=O)/C=C/c1ccc(OCc2ccc(F)cc2)c(I)c1. The lowest BCUT2D eigenvalue weighted by Crippen LogP contribution is -1.97. The molecule has 2 aromatic carbocycles. The number of methoxy groups -OCH3 is 1. The maximum Gasteiger partial charge on any atom is 0.330 e. The summed E-state index contributed by atoms with van der Waals surface area (Å²) < 4.78 is 24.0. The van der Waals surface area contributed by atoms with Crippen LogP contribution in [0.5, 0.6) is 5.75 Å². The molecule has 0 saturated carbocycles. The molecule has 22 heavy (non-hydrogen) atoms. The second kappa shape index (κ2) is 7.93. The minimum absolute atomic E-state index is 0.264. The molecule has 0 saturated heterocycles. The lowest BCUT2D eigenvalue weighted by molar-refractivity contribution is -0.134. The fourth-order valence-corrected chi connectivity index (χ4v) is 2.41. The van der Waals surface area contributed by atoms with Gasteiger partial charge in [0.25, 0.3) is 0 Å². The molecule has 0 aromatic heterocycles. The van der Waals surface area contributed by atoms with Gasteiger partial charge in [0.1, 0.15) is 18.2 Å². The largest absolute Gasteiger partial charge is 0.488 e. The third-order valence-corrected chi connectivity index (χ3v) is 3.72. The van der Waals surface area contributed by atoms with Gasteiger partial charge in [0.15, 0.2) is 0 Å². The predicted octanol–water partition coefficient (Wildman–Crippen LogP) is 4.20. The molecular formula is C17H14FIO3. The summed E-state index contributed by atoms with van der Waals surface area (Å²) in [6.07, 6.45) is 3.04. The van der Waals surface area contributed by atoms with Crippen molar-refractivity contribution in [3.05, 3.63) is 69.1 Å². The van der Waals surface area contributed by atoms with Gasteiger partial charge in [-0.15, -0.1) is 0 Å². The van der Waals surface area contributed by atoms with E-state index in [1.165, 1.54) is 25.3 Å². The number of carbonyl (C=O) groups excluding carboxylic acids is 1. The second-order valence-corrected chi connectivity index (χ2v) is 5.62. The van der Waals surface area contributed by atoms with E-state index < -0.39 is 5.97 Å². The smallest absolute Gasteiger partial charge is 0.330 e. The Morgan fingerprint density at radius 3 is 2.59 bits per heavy atom. The topological polar surface area (TPSA) is 35.5 Å². The van der Waals surface area contributed by atoms with Gasteiger partial charge in [-0.2, -0.15) is 0 Å². The molecule has 0 amide bonds. The molecule has 0 heterocycles. The lowest BCUT2D eigenvalue weighted by atomic mass is 10.2.